The molecule has 2 heterocycles. The van der Waals surface area contributed by atoms with E-state index in [4.69, 9.17) is 20.8 Å². The lowest BCUT2D eigenvalue weighted by Gasteiger charge is -2.11. The highest BCUT2D eigenvalue weighted by Gasteiger charge is 2.11. The molecule has 0 aliphatic carbocycles. The maximum atomic E-state index is 5.85. The van der Waals surface area contributed by atoms with Crippen LogP contribution < -0.4 is 10.1 Å². The van der Waals surface area contributed by atoms with Crippen molar-refractivity contribution in [3.8, 4) is 17.2 Å². The Bertz CT molecular complexity index is 802. The standard InChI is InChI=1S/C15H15ClN4O2S/c1-3-13-19-20-14(22-13)9-4-5-12(21-2)11(6-9)17-7-10-8-18-15(16)23-10/h4-6,8,17H,3,7H2,1-2H3. The number of halogens is 1. The highest BCUT2D eigenvalue weighted by Crippen LogP contribution is 2.31. The monoisotopic (exact) mass is 350 g/mol. The van der Waals surface area contributed by atoms with Crippen LogP contribution in [0.5, 0.6) is 5.75 Å². The molecule has 0 radical (unpaired) electrons. The van der Waals surface area contributed by atoms with E-state index in [0.717, 1.165) is 21.9 Å². The molecule has 0 saturated carbocycles. The van der Waals surface area contributed by atoms with Crippen molar-refractivity contribution in [3.63, 3.8) is 0 Å². The maximum absolute atomic E-state index is 5.85. The number of anilines is 1. The molecule has 0 aliphatic rings. The highest BCUT2D eigenvalue weighted by atomic mass is 35.5. The Morgan fingerprint density at radius 2 is 2.22 bits per heavy atom. The molecule has 3 aromatic rings. The van der Waals surface area contributed by atoms with Gasteiger partial charge in [-0.05, 0) is 18.2 Å². The van der Waals surface area contributed by atoms with Crippen LogP contribution >= 0.6 is 22.9 Å². The van der Waals surface area contributed by atoms with Crippen LogP contribution in [-0.4, -0.2) is 22.3 Å². The van der Waals surface area contributed by atoms with E-state index in [1.807, 2.05) is 25.1 Å². The van der Waals surface area contributed by atoms with Gasteiger partial charge in [0.15, 0.2) is 4.47 Å². The number of rotatable bonds is 6. The molecule has 0 atom stereocenters. The molecule has 23 heavy (non-hydrogen) atoms. The van der Waals surface area contributed by atoms with Crippen LogP contribution in [0.2, 0.25) is 4.47 Å². The fourth-order valence-electron chi connectivity index (χ4n) is 2.04. The van der Waals surface area contributed by atoms with E-state index in [1.54, 1.807) is 13.3 Å². The third-order valence-electron chi connectivity index (χ3n) is 3.19. The van der Waals surface area contributed by atoms with Crippen LogP contribution in [-0.2, 0) is 13.0 Å². The third kappa shape index (κ3) is 3.62. The van der Waals surface area contributed by atoms with Crippen LogP contribution in [0.25, 0.3) is 11.5 Å². The van der Waals surface area contributed by atoms with Gasteiger partial charge in [-0.2, -0.15) is 0 Å². The summed E-state index contributed by atoms with van der Waals surface area (Å²) in [6.07, 6.45) is 2.46. The van der Waals surface area contributed by atoms with Crippen molar-refractivity contribution in [2.75, 3.05) is 12.4 Å². The van der Waals surface area contributed by atoms with E-state index in [-0.39, 0.29) is 0 Å². The molecule has 0 unspecified atom stereocenters. The first-order valence-corrected chi connectivity index (χ1v) is 8.24. The molecule has 0 bridgehead atoms. The lowest BCUT2D eigenvalue weighted by molar-refractivity contribution is 0.416. The smallest absolute Gasteiger partial charge is 0.247 e. The third-order valence-corrected chi connectivity index (χ3v) is 4.31. The van der Waals surface area contributed by atoms with E-state index in [1.165, 1.54) is 11.3 Å². The number of aromatic nitrogens is 3. The second-order valence-corrected chi connectivity index (χ2v) is 6.40. The van der Waals surface area contributed by atoms with Gasteiger partial charge in [-0.1, -0.05) is 18.5 Å². The van der Waals surface area contributed by atoms with Crippen molar-refractivity contribution in [1.29, 1.82) is 0 Å². The molecule has 1 N–H and O–H groups in total. The number of methoxy groups -OCH3 is 1. The summed E-state index contributed by atoms with van der Waals surface area (Å²) in [5.41, 5.74) is 1.67. The topological polar surface area (TPSA) is 73.1 Å². The Hall–Kier alpha value is -2.12. The van der Waals surface area contributed by atoms with E-state index >= 15 is 0 Å². The SMILES string of the molecule is CCc1nnc(-c2ccc(OC)c(NCc3cnc(Cl)s3)c2)o1. The van der Waals surface area contributed by atoms with Gasteiger partial charge in [0, 0.05) is 23.1 Å². The maximum Gasteiger partial charge on any atom is 0.247 e. The lowest BCUT2D eigenvalue weighted by atomic mass is 10.2. The van der Waals surface area contributed by atoms with E-state index < -0.39 is 0 Å². The zero-order chi connectivity index (χ0) is 16.2. The summed E-state index contributed by atoms with van der Waals surface area (Å²) in [6.45, 7) is 2.58. The quantitative estimate of drug-likeness (QED) is 0.723. The Balaban J connectivity index is 1.83. The summed E-state index contributed by atoms with van der Waals surface area (Å²) >= 11 is 7.29. The Labute approximate surface area is 142 Å². The first-order valence-electron chi connectivity index (χ1n) is 7.04. The number of ether oxygens (including phenoxy) is 1. The van der Waals surface area contributed by atoms with E-state index in [9.17, 15) is 0 Å². The van der Waals surface area contributed by atoms with Crippen molar-refractivity contribution in [1.82, 2.24) is 15.2 Å². The Kier molecular flexibility index (Phi) is 4.78. The van der Waals surface area contributed by atoms with Crippen molar-refractivity contribution in [2.24, 2.45) is 0 Å². The molecule has 0 fully saturated rings. The van der Waals surface area contributed by atoms with Gasteiger partial charge in [0.2, 0.25) is 11.8 Å². The number of hydrogen-bond donors (Lipinski definition) is 1. The Morgan fingerprint density at radius 3 is 2.87 bits per heavy atom. The molecule has 2 aromatic heterocycles. The molecule has 6 nitrogen and oxygen atoms in total. The summed E-state index contributed by atoms with van der Waals surface area (Å²) in [6, 6.07) is 5.68. The average Bonchev–Trinajstić information content (AvgIpc) is 3.21. The van der Waals surface area contributed by atoms with Crippen molar-refractivity contribution >= 4 is 28.6 Å². The minimum Gasteiger partial charge on any atom is -0.495 e. The molecule has 120 valence electrons. The predicted octanol–water partition coefficient (Wildman–Crippen LogP) is 4.03. The summed E-state index contributed by atoms with van der Waals surface area (Å²) in [7, 11) is 1.63. The second-order valence-electron chi connectivity index (χ2n) is 4.70. The average molecular weight is 351 g/mol. The zero-order valence-electron chi connectivity index (χ0n) is 12.7. The molecule has 3 rings (SSSR count). The minimum atomic E-state index is 0.494. The lowest BCUT2D eigenvalue weighted by Crippen LogP contribution is -2.00. The van der Waals surface area contributed by atoms with Crippen LogP contribution in [0.1, 0.15) is 17.7 Å². The summed E-state index contributed by atoms with van der Waals surface area (Å²) in [5.74, 6) is 1.85. The number of nitrogens with one attached hydrogen (secondary N) is 1. The fourth-order valence-corrected chi connectivity index (χ4v) is 2.96. The molecule has 1 aromatic carbocycles. The molecule has 0 aliphatic heterocycles. The van der Waals surface area contributed by atoms with Gasteiger partial charge >= 0.3 is 0 Å². The first-order chi connectivity index (χ1) is 11.2. The minimum absolute atomic E-state index is 0.494. The van der Waals surface area contributed by atoms with Gasteiger partial charge in [0.1, 0.15) is 5.75 Å². The molecular formula is C15H15ClN4O2S. The van der Waals surface area contributed by atoms with Crippen LogP contribution in [0.3, 0.4) is 0 Å². The van der Waals surface area contributed by atoms with E-state index in [2.05, 4.69) is 20.5 Å². The molecular weight excluding hydrogens is 336 g/mol. The highest BCUT2D eigenvalue weighted by molar-refractivity contribution is 7.15. The largest absolute Gasteiger partial charge is 0.495 e. The summed E-state index contributed by atoms with van der Waals surface area (Å²) in [4.78, 5) is 5.06. The number of aryl methyl sites for hydroxylation is 1. The van der Waals surface area contributed by atoms with Gasteiger partial charge < -0.3 is 14.5 Å². The summed E-state index contributed by atoms with van der Waals surface area (Å²) < 4.78 is 11.5. The fraction of sp³-hybridized carbons (Fsp3) is 0.267. The van der Waals surface area contributed by atoms with Crippen LogP contribution in [0.15, 0.2) is 28.8 Å². The second kappa shape index (κ2) is 6.97. The Morgan fingerprint density at radius 1 is 1.35 bits per heavy atom. The van der Waals surface area contributed by atoms with Crippen molar-refractivity contribution in [2.45, 2.75) is 19.9 Å². The van der Waals surface area contributed by atoms with Gasteiger partial charge in [0.25, 0.3) is 0 Å². The molecule has 0 saturated heterocycles. The summed E-state index contributed by atoms with van der Waals surface area (Å²) in [5, 5.41) is 11.4. The van der Waals surface area contributed by atoms with Crippen molar-refractivity contribution < 1.29 is 9.15 Å². The zero-order valence-corrected chi connectivity index (χ0v) is 14.2. The van der Waals surface area contributed by atoms with Crippen molar-refractivity contribution in [3.05, 3.63) is 39.6 Å². The van der Waals surface area contributed by atoms with Crippen LogP contribution in [0.4, 0.5) is 5.69 Å². The van der Waals surface area contributed by atoms with Gasteiger partial charge in [-0.15, -0.1) is 21.5 Å². The molecule has 0 amide bonds. The van der Waals surface area contributed by atoms with Crippen LogP contribution in [0, 0.1) is 0 Å². The van der Waals surface area contributed by atoms with Gasteiger partial charge in [-0.25, -0.2) is 4.98 Å². The number of thiazole rings is 1. The molecule has 8 heteroatoms. The molecule has 0 spiro atoms. The number of hydrogen-bond acceptors (Lipinski definition) is 7. The number of nitrogens with zero attached hydrogens (tertiary/aromatic N) is 3. The first kappa shape index (κ1) is 15.8. The van der Waals surface area contributed by atoms with Gasteiger partial charge in [-0.3, -0.25) is 0 Å². The normalized spacial score (nSPS) is 10.7. The van der Waals surface area contributed by atoms with Gasteiger partial charge in [0.05, 0.1) is 19.3 Å². The van der Waals surface area contributed by atoms with E-state index in [0.29, 0.717) is 29.2 Å². The predicted molar refractivity (Wildman–Crippen MR) is 90.1 cm³/mol. The number of benzene rings is 1.